The van der Waals surface area contributed by atoms with Gasteiger partial charge in [0, 0.05) is 23.7 Å². The predicted octanol–water partition coefficient (Wildman–Crippen LogP) is 6.82. The van der Waals surface area contributed by atoms with Crippen molar-refractivity contribution in [1.82, 2.24) is 0 Å². The van der Waals surface area contributed by atoms with Gasteiger partial charge in [0.1, 0.15) is 17.6 Å². The molecule has 1 fully saturated rings. The number of hydrogen-bond donors (Lipinski definition) is 2. The number of benzene rings is 2. The van der Waals surface area contributed by atoms with Gasteiger partial charge in [-0.15, -0.1) is 0 Å². The van der Waals surface area contributed by atoms with E-state index < -0.39 is 11.8 Å². The fourth-order valence-electron chi connectivity index (χ4n) is 4.17. The van der Waals surface area contributed by atoms with Crippen LogP contribution in [0.1, 0.15) is 46.0 Å². The van der Waals surface area contributed by atoms with Gasteiger partial charge in [0.05, 0.1) is 17.1 Å². The second-order valence-electron chi connectivity index (χ2n) is 8.67. The first-order chi connectivity index (χ1) is 15.9. The molecule has 1 aliphatic carbocycles. The molecule has 0 aromatic heterocycles. The highest BCUT2D eigenvalue weighted by atomic mass is 35.5. The molecule has 0 unspecified atom stereocenters. The molecule has 33 heavy (non-hydrogen) atoms. The first-order valence-electron chi connectivity index (χ1n) is 11.3. The van der Waals surface area contributed by atoms with Crippen LogP contribution in [0.4, 0.5) is 26.2 Å². The van der Waals surface area contributed by atoms with Crippen LogP contribution in [0.15, 0.2) is 36.4 Å². The second kappa shape index (κ2) is 11.8. The first-order valence-corrected chi connectivity index (χ1v) is 11.7. The fourth-order valence-corrected chi connectivity index (χ4v) is 4.33. The number of hydrogen-bond acceptors (Lipinski definition) is 4. The molecular weight excluding hydrogens is 443 g/mol. The molecule has 2 aromatic carbocycles. The Morgan fingerprint density at radius 3 is 2.58 bits per heavy atom. The van der Waals surface area contributed by atoms with Crippen molar-refractivity contribution >= 4 is 34.7 Å². The molecular formula is C25H30ClFN4O2. The van der Waals surface area contributed by atoms with Crippen LogP contribution in [0, 0.1) is 23.1 Å². The number of anilines is 3. The Kier molecular flexibility index (Phi) is 8.79. The van der Waals surface area contributed by atoms with Crippen molar-refractivity contribution in [2.45, 2.75) is 52.0 Å². The van der Waals surface area contributed by atoms with Crippen LogP contribution in [0.2, 0.25) is 5.02 Å². The zero-order valence-electron chi connectivity index (χ0n) is 19.0. The number of carbonyl (C=O) groups is 1. The average molecular weight is 473 g/mol. The lowest BCUT2D eigenvalue weighted by Crippen LogP contribution is -2.40. The lowest BCUT2D eigenvalue weighted by atomic mass is 9.93. The normalized spacial score (nSPS) is 13.9. The Morgan fingerprint density at radius 1 is 1.18 bits per heavy atom. The molecule has 0 heterocycles. The van der Waals surface area contributed by atoms with Crippen LogP contribution in [0.25, 0.3) is 0 Å². The summed E-state index contributed by atoms with van der Waals surface area (Å²) in [5.41, 5.74) is 1.46. The number of rotatable bonds is 8. The van der Waals surface area contributed by atoms with Crippen LogP contribution < -0.4 is 20.3 Å². The van der Waals surface area contributed by atoms with E-state index in [1.54, 1.807) is 6.07 Å². The maximum Gasteiger partial charge on any atom is 0.323 e. The van der Waals surface area contributed by atoms with E-state index in [1.807, 2.05) is 18.2 Å². The molecule has 8 heteroatoms. The Balaban J connectivity index is 1.90. The number of carbonyl (C=O) groups excluding carboxylic acids is 1. The van der Waals surface area contributed by atoms with Crippen LogP contribution in [0.5, 0.6) is 5.75 Å². The zero-order chi connectivity index (χ0) is 23.8. The summed E-state index contributed by atoms with van der Waals surface area (Å²) in [6.07, 6.45) is 5.80. The number of nitrogens with one attached hydrogen (secondary N) is 2. The summed E-state index contributed by atoms with van der Waals surface area (Å²) in [5.74, 6) is 0.278. The number of amides is 2. The minimum absolute atomic E-state index is 0.0293. The van der Waals surface area contributed by atoms with Crippen molar-refractivity contribution in [3.8, 4) is 11.8 Å². The summed E-state index contributed by atoms with van der Waals surface area (Å²) >= 11 is 5.80. The SMILES string of the molecule is CC(C)CN(c1ccc(OCC#N)cc1NC(=O)Nc1ccc(Cl)cc1F)C1CCCCC1. The lowest BCUT2D eigenvalue weighted by Gasteiger charge is -2.38. The van der Waals surface area contributed by atoms with Crippen molar-refractivity contribution < 1.29 is 13.9 Å². The van der Waals surface area contributed by atoms with E-state index in [1.165, 1.54) is 31.4 Å². The highest BCUT2D eigenvalue weighted by molar-refractivity contribution is 6.30. The third-order valence-electron chi connectivity index (χ3n) is 5.59. The topological polar surface area (TPSA) is 77.4 Å². The van der Waals surface area contributed by atoms with Crippen molar-refractivity contribution in [2.75, 3.05) is 28.7 Å². The number of ether oxygens (including phenoxy) is 1. The quantitative estimate of drug-likeness (QED) is 0.441. The van der Waals surface area contributed by atoms with Crippen molar-refractivity contribution in [3.63, 3.8) is 0 Å². The minimum Gasteiger partial charge on any atom is -0.479 e. The predicted molar refractivity (Wildman–Crippen MR) is 131 cm³/mol. The molecule has 2 N–H and O–H groups in total. The molecule has 0 saturated heterocycles. The fraction of sp³-hybridized carbons (Fsp3) is 0.440. The molecule has 6 nitrogen and oxygen atoms in total. The Labute approximate surface area is 199 Å². The maximum absolute atomic E-state index is 14.2. The molecule has 2 amide bonds. The third kappa shape index (κ3) is 7.00. The molecule has 0 aliphatic heterocycles. The summed E-state index contributed by atoms with van der Waals surface area (Å²) in [6.45, 7) is 5.08. The van der Waals surface area contributed by atoms with E-state index in [0.717, 1.165) is 31.1 Å². The molecule has 176 valence electrons. The summed E-state index contributed by atoms with van der Waals surface area (Å²) in [5, 5.41) is 14.5. The number of nitriles is 1. The monoisotopic (exact) mass is 472 g/mol. The molecule has 1 aliphatic rings. The smallest absolute Gasteiger partial charge is 0.323 e. The molecule has 0 spiro atoms. The Bertz CT molecular complexity index is 1000. The van der Waals surface area contributed by atoms with Crippen LogP contribution in [-0.4, -0.2) is 25.2 Å². The summed E-state index contributed by atoms with van der Waals surface area (Å²) in [7, 11) is 0. The van der Waals surface area contributed by atoms with Gasteiger partial charge in [-0.25, -0.2) is 9.18 Å². The second-order valence-corrected chi connectivity index (χ2v) is 9.10. The van der Waals surface area contributed by atoms with Gasteiger partial charge < -0.3 is 20.3 Å². The van der Waals surface area contributed by atoms with E-state index >= 15 is 0 Å². The van der Waals surface area contributed by atoms with E-state index in [2.05, 4.69) is 29.4 Å². The highest BCUT2D eigenvalue weighted by Crippen LogP contribution is 2.36. The molecule has 1 saturated carbocycles. The first kappa shape index (κ1) is 24.7. The van der Waals surface area contributed by atoms with Gasteiger partial charge in [-0.3, -0.25) is 0 Å². The minimum atomic E-state index is -0.618. The van der Waals surface area contributed by atoms with E-state index in [0.29, 0.717) is 23.4 Å². The van der Waals surface area contributed by atoms with Gasteiger partial charge in [-0.2, -0.15) is 5.26 Å². The Morgan fingerprint density at radius 2 is 1.91 bits per heavy atom. The lowest BCUT2D eigenvalue weighted by molar-refractivity contribution is 0.262. The maximum atomic E-state index is 14.2. The van der Waals surface area contributed by atoms with Crippen LogP contribution in [0.3, 0.4) is 0 Å². The van der Waals surface area contributed by atoms with E-state index in [-0.39, 0.29) is 17.3 Å². The molecule has 0 radical (unpaired) electrons. The molecule has 0 bridgehead atoms. The summed E-state index contributed by atoms with van der Waals surface area (Å²) in [6, 6.07) is 11.3. The van der Waals surface area contributed by atoms with Gasteiger partial charge in [0.15, 0.2) is 6.61 Å². The van der Waals surface area contributed by atoms with E-state index in [4.69, 9.17) is 21.6 Å². The van der Waals surface area contributed by atoms with E-state index in [9.17, 15) is 9.18 Å². The summed E-state index contributed by atoms with van der Waals surface area (Å²) in [4.78, 5) is 15.1. The van der Waals surface area contributed by atoms with Crippen LogP contribution >= 0.6 is 11.6 Å². The van der Waals surface area contributed by atoms with Crippen molar-refractivity contribution in [3.05, 3.63) is 47.2 Å². The van der Waals surface area contributed by atoms with Gasteiger partial charge in [0.25, 0.3) is 0 Å². The van der Waals surface area contributed by atoms with Gasteiger partial charge >= 0.3 is 6.03 Å². The van der Waals surface area contributed by atoms with Crippen LogP contribution in [-0.2, 0) is 0 Å². The number of nitrogens with zero attached hydrogens (tertiary/aromatic N) is 2. The molecule has 2 aromatic rings. The third-order valence-corrected chi connectivity index (χ3v) is 5.82. The standard InChI is InChI=1S/C25H30ClFN4O2/c1-17(2)16-31(19-6-4-3-5-7-19)24-11-9-20(33-13-12-28)15-23(24)30-25(32)29-22-10-8-18(26)14-21(22)27/h8-11,14-15,17,19H,3-7,13,16H2,1-2H3,(H2,29,30,32). The summed E-state index contributed by atoms with van der Waals surface area (Å²) < 4.78 is 19.6. The van der Waals surface area contributed by atoms with Crippen molar-refractivity contribution in [1.29, 1.82) is 5.26 Å². The van der Waals surface area contributed by atoms with Gasteiger partial charge in [-0.1, -0.05) is 44.7 Å². The largest absolute Gasteiger partial charge is 0.479 e. The average Bonchev–Trinajstić information content (AvgIpc) is 2.79. The zero-order valence-corrected chi connectivity index (χ0v) is 19.8. The Hall–Kier alpha value is -2.98. The van der Waals surface area contributed by atoms with Gasteiger partial charge in [0.2, 0.25) is 0 Å². The highest BCUT2D eigenvalue weighted by Gasteiger charge is 2.25. The number of halogens is 2. The molecule has 3 rings (SSSR count). The van der Waals surface area contributed by atoms with Crippen molar-refractivity contribution in [2.24, 2.45) is 5.92 Å². The van der Waals surface area contributed by atoms with Gasteiger partial charge in [-0.05, 0) is 49.1 Å². The molecule has 0 atom stereocenters. The number of urea groups is 1.